The number of carbonyl (C=O) groups excluding carboxylic acids is 1. The third-order valence-electron chi connectivity index (χ3n) is 1.64. The lowest BCUT2D eigenvalue weighted by atomic mass is 10.2. The Hall–Kier alpha value is -0.740. The molecule has 3 nitrogen and oxygen atoms in total. The van der Waals surface area contributed by atoms with E-state index in [9.17, 15) is 4.79 Å². The molecule has 0 aliphatic carbocycles. The number of hydrogen-bond donors (Lipinski definition) is 1. The fourth-order valence-corrected chi connectivity index (χ4v) is 2.06. The maximum atomic E-state index is 11.2. The first-order valence-corrected chi connectivity index (χ1v) is 4.29. The van der Waals surface area contributed by atoms with Gasteiger partial charge in [0.15, 0.2) is 5.78 Å². The molecular weight excluding hydrogens is 160 g/mol. The van der Waals surface area contributed by atoms with Crippen molar-refractivity contribution < 1.29 is 4.79 Å². The molecule has 1 aromatic heterocycles. The van der Waals surface area contributed by atoms with Gasteiger partial charge in [0.25, 0.3) is 0 Å². The van der Waals surface area contributed by atoms with Crippen molar-refractivity contribution in [1.29, 1.82) is 0 Å². The number of rotatable bonds is 0. The van der Waals surface area contributed by atoms with Crippen molar-refractivity contribution in [3.05, 3.63) is 15.6 Å². The number of nitrogens with one attached hydrogen (secondary N) is 1. The average molecular weight is 168 g/mol. The summed E-state index contributed by atoms with van der Waals surface area (Å²) >= 11 is 1.50. The zero-order valence-corrected chi connectivity index (χ0v) is 6.99. The fourth-order valence-electron chi connectivity index (χ4n) is 1.18. The quantitative estimate of drug-likeness (QED) is 0.621. The van der Waals surface area contributed by atoms with Crippen molar-refractivity contribution in [3.8, 4) is 0 Å². The molecule has 4 heteroatoms. The van der Waals surface area contributed by atoms with E-state index < -0.39 is 0 Å². The molecule has 0 saturated carbocycles. The summed E-state index contributed by atoms with van der Waals surface area (Å²) in [6.45, 7) is 3.14. The molecule has 0 unspecified atom stereocenters. The van der Waals surface area contributed by atoms with E-state index in [1.165, 1.54) is 11.3 Å². The Kier molecular flexibility index (Phi) is 1.51. The zero-order chi connectivity index (χ0) is 7.84. The molecule has 0 spiro atoms. The molecule has 0 fully saturated rings. The largest absolute Gasteiger partial charge is 0.304 e. The van der Waals surface area contributed by atoms with E-state index in [-0.39, 0.29) is 5.78 Å². The van der Waals surface area contributed by atoms with Gasteiger partial charge in [0.2, 0.25) is 0 Å². The molecule has 0 saturated heterocycles. The predicted molar refractivity (Wildman–Crippen MR) is 42.9 cm³/mol. The van der Waals surface area contributed by atoms with Crippen LogP contribution in [0.1, 0.15) is 20.4 Å². The first-order chi connectivity index (χ1) is 5.27. The van der Waals surface area contributed by atoms with Crippen molar-refractivity contribution in [2.24, 2.45) is 0 Å². The highest BCUT2D eigenvalue weighted by Gasteiger charge is 2.20. The van der Waals surface area contributed by atoms with Crippen molar-refractivity contribution >= 4 is 17.1 Å². The standard InChI is InChI=1S/C7H8N2OS/c1-4-9-5-2-8-3-6(10)7(5)11-4/h8H,2-3H2,1H3. The van der Waals surface area contributed by atoms with Crippen LogP contribution < -0.4 is 5.32 Å². The molecule has 0 radical (unpaired) electrons. The van der Waals surface area contributed by atoms with Crippen LogP contribution in [0.5, 0.6) is 0 Å². The van der Waals surface area contributed by atoms with Crippen LogP contribution in [0.2, 0.25) is 0 Å². The Morgan fingerprint density at radius 1 is 1.55 bits per heavy atom. The topological polar surface area (TPSA) is 42.0 Å². The Morgan fingerprint density at radius 3 is 3.09 bits per heavy atom. The summed E-state index contributed by atoms with van der Waals surface area (Å²) in [5.74, 6) is 0.178. The van der Waals surface area contributed by atoms with E-state index in [0.29, 0.717) is 6.54 Å². The number of aryl methyl sites for hydroxylation is 1. The Bertz CT molecular complexity index is 305. The van der Waals surface area contributed by atoms with Gasteiger partial charge in [0.05, 0.1) is 22.1 Å². The first kappa shape index (κ1) is 6.94. The molecule has 1 aliphatic rings. The highest BCUT2D eigenvalue weighted by atomic mass is 32.1. The van der Waals surface area contributed by atoms with Gasteiger partial charge in [-0.15, -0.1) is 11.3 Å². The van der Waals surface area contributed by atoms with E-state index >= 15 is 0 Å². The number of nitrogens with zero attached hydrogens (tertiary/aromatic N) is 1. The molecule has 2 heterocycles. The van der Waals surface area contributed by atoms with Gasteiger partial charge in [0.1, 0.15) is 0 Å². The van der Waals surface area contributed by atoms with E-state index in [1.807, 2.05) is 6.92 Å². The Balaban J connectivity index is 2.52. The minimum absolute atomic E-state index is 0.178. The summed E-state index contributed by atoms with van der Waals surface area (Å²) in [7, 11) is 0. The predicted octanol–water partition coefficient (Wildman–Crippen LogP) is 0.737. The SMILES string of the molecule is Cc1nc2c(s1)C(=O)CNC2. The number of Topliss-reactive ketones (excluding diaryl/α,β-unsaturated/α-hetero) is 1. The van der Waals surface area contributed by atoms with Gasteiger partial charge in [-0.1, -0.05) is 0 Å². The van der Waals surface area contributed by atoms with E-state index in [4.69, 9.17) is 0 Å². The van der Waals surface area contributed by atoms with Crippen molar-refractivity contribution in [2.75, 3.05) is 6.54 Å². The number of aromatic nitrogens is 1. The van der Waals surface area contributed by atoms with Crippen LogP contribution in [0, 0.1) is 6.92 Å². The second-order valence-corrected chi connectivity index (χ2v) is 3.74. The van der Waals surface area contributed by atoms with Gasteiger partial charge >= 0.3 is 0 Å². The molecule has 58 valence electrons. The first-order valence-electron chi connectivity index (χ1n) is 3.47. The third kappa shape index (κ3) is 1.08. The lowest BCUT2D eigenvalue weighted by Gasteiger charge is -2.08. The maximum absolute atomic E-state index is 11.2. The number of carbonyl (C=O) groups is 1. The van der Waals surface area contributed by atoms with Crippen molar-refractivity contribution in [1.82, 2.24) is 10.3 Å². The van der Waals surface area contributed by atoms with Crippen LogP contribution in [-0.4, -0.2) is 17.3 Å². The molecule has 0 atom stereocenters. The van der Waals surface area contributed by atoms with E-state index in [0.717, 1.165) is 22.1 Å². The third-order valence-corrected chi connectivity index (χ3v) is 2.69. The van der Waals surface area contributed by atoms with Gasteiger partial charge in [-0.2, -0.15) is 0 Å². The second kappa shape index (κ2) is 2.39. The molecule has 1 N–H and O–H groups in total. The van der Waals surface area contributed by atoms with Gasteiger partial charge in [0, 0.05) is 6.54 Å². The molecule has 2 rings (SSSR count). The summed E-state index contributed by atoms with van der Waals surface area (Å²) in [5.41, 5.74) is 0.920. The minimum Gasteiger partial charge on any atom is -0.304 e. The number of thiazole rings is 1. The Labute approximate surface area is 68.5 Å². The van der Waals surface area contributed by atoms with Crippen LogP contribution in [-0.2, 0) is 6.54 Å². The summed E-state index contributed by atoms with van der Waals surface area (Å²) in [4.78, 5) is 16.3. The minimum atomic E-state index is 0.178. The molecular formula is C7H8N2OS. The molecule has 11 heavy (non-hydrogen) atoms. The van der Waals surface area contributed by atoms with Crippen LogP contribution >= 0.6 is 11.3 Å². The number of ketones is 1. The molecule has 0 aromatic carbocycles. The van der Waals surface area contributed by atoms with Gasteiger partial charge in [-0.05, 0) is 6.92 Å². The normalized spacial score (nSPS) is 16.6. The molecule has 0 amide bonds. The fraction of sp³-hybridized carbons (Fsp3) is 0.429. The number of fused-ring (bicyclic) bond motifs is 1. The van der Waals surface area contributed by atoms with Crippen LogP contribution in [0.3, 0.4) is 0 Å². The Morgan fingerprint density at radius 2 is 2.36 bits per heavy atom. The second-order valence-electron chi connectivity index (χ2n) is 2.54. The van der Waals surface area contributed by atoms with E-state index in [2.05, 4.69) is 10.3 Å². The molecule has 0 bridgehead atoms. The highest BCUT2D eigenvalue weighted by molar-refractivity contribution is 7.13. The summed E-state index contributed by atoms with van der Waals surface area (Å²) in [6.07, 6.45) is 0. The van der Waals surface area contributed by atoms with Crippen LogP contribution in [0.4, 0.5) is 0 Å². The highest BCUT2D eigenvalue weighted by Crippen LogP contribution is 2.20. The lowest BCUT2D eigenvalue weighted by Crippen LogP contribution is -2.28. The van der Waals surface area contributed by atoms with E-state index in [1.54, 1.807) is 0 Å². The summed E-state index contributed by atoms with van der Waals surface area (Å²) in [5, 5.41) is 3.98. The number of hydrogen-bond acceptors (Lipinski definition) is 4. The smallest absolute Gasteiger partial charge is 0.188 e. The van der Waals surface area contributed by atoms with Crippen LogP contribution in [0.15, 0.2) is 0 Å². The van der Waals surface area contributed by atoms with Gasteiger partial charge in [-0.3, -0.25) is 4.79 Å². The summed E-state index contributed by atoms with van der Waals surface area (Å²) < 4.78 is 0. The van der Waals surface area contributed by atoms with Gasteiger partial charge < -0.3 is 5.32 Å². The lowest BCUT2D eigenvalue weighted by molar-refractivity contribution is 0.0986. The van der Waals surface area contributed by atoms with Gasteiger partial charge in [-0.25, -0.2) is 4.98 Å². The van der Waals surface area contributed by atoms with Crippen LogP contribution in [0.25, 0.3) is 0 Å². The summed E-state index contributed by atoms with van der Waals surface area (Å²) in [6, 6.07) is 0. The maximum Gasteiger partial charge on any atom is 0.188 e. The monoisotopic (exact) mass is 168 g/mol. The van der Waals surface area contributed by atoms with Crippen molar-refractivity contribution in [3.63, 3.8) is 0 Å². The molecule has 1 aromatic rings. The molecule has 1 aliphatic heterocycles. The van der Waals surface area contributed by atoms with Crippen molar-refractivity contribution in [2.45, 2.75) is 13.5 Å². The zero-order valence-electron chi connectivity index (χ0n) is 6.18. The average Bonchev–Trinajstić information content (AvgIpc) is 2.31.